The van der Waals surface area contributed by atoms with Gasteiger partial charge in [-0.25, -0.2) is 8.78 Å². The summed E-state index contributed by atoms with van der Waals surface area (Å²) in [7, 11) is 8.07. The van der Waals surface area contributed by atoms with E-state index in [1.54, 1.807) is 46.8 Å². The van der Waals surface area contributed by atoms with Crippen LogP contribution in [0.3, 0.4) is 0 Å². The Hall–Kier alpha value is -7.22. The topological polar surface area (TPSA) is 279 Å². The highest BCUT2D eigenvalue weighted by molar-refractivity contribution is 6.01. The predicted octanol–water partition coefficient (Wildman–Crippen LogP) is 7.28. The van der Waals surface area contributed by atoms with Crippen molar-refractivity contribution in [3.8, 4) is 0 Å². The van der Waals surface area contributed by atoms with Crippen LogP contribution in [0.15, 0.2) is 12.2 Å². The van der Waals surface area contributed by atoms with E-state index in [0.717, 1.165) is 19.6 Å². The van der Waals surface area contributed by atoms with Gasteiger partial charge in [0.1, 0.15) is 72.1 Å². The van der Waals surface area contributed by atoms with E-state index >= 15 is 42.3 Å². The standard InChI is InChI=1S/C77H120F8N12O13/c1-13-18-27-55-66(101)87-64(46(6)14-2)72(107)90(8)45-62(100)92(10)56-28-20-19-23-37-96(71(56)106)59(40-47-29-32-50(33-30-47)76(80,81)82)69(104)89(7)44-60(98)86-54(34-31-48-38-52(78)63(53(79)39-48)77(83,84)85)68(103)97-43-51(110-17-5)41-57(97)67(102)88-75(35-24-36-75)74(109)94(12)65(49-25-21-22-26-49)73(108)93(11)58(42-61(99)91(55)9)70(105)95(15-3)16-4/h19-20,46-59,63-65H,13-18,21-45H2,1-12H3,(H,86,98)(H,87,101)(H,88,102)/b20-19-/t46-,47?,48?,50?,51+,52?,53?,54-,55-,56-,57-,58-,59-,63?,64-,65-/m0/s1. The second kappa shape index (κ2) is 39.5. The molecule has 7 rings (SSSR count). The summed E-state index contributed by atoms with van der Waals surface area (Å²) in [5.74, 6) is -16.6. The van der Waals surface area contributed by atoms with Crippen LogP contribution in [0.2, 0.25) is 0 Å². The molecule has 0 radical (unpaired) electrons. The Bertz CT molecular complexity index is 3240. The third kappa shape index (κ3) is 21.8. The second-order valence-electron chi connectivity index (χ2n) is 31.9. The van der Waals surface area contributed by atoms with Crippen LogP contribution in [0.4, 0.5) is 35.1 Å². The monoisotopic (exact) mass is 1570 g/mol. The molecule has 2 unspecified atom stereocenters. The van der Waals surface area contributed by atoms with Crippen LogP contribution in [-0.4, -0.2) is 288 Å². The first-order chi connectivity index (χ1) is 51.8. The fourth-order valence-corrected chi connectivity index (χ4v) is 17.5. The minimum atomic E-state index is -5.22. The van der Waals surface area contributed by atoms with E-state index in [1.165, 1.54) is 66.8 Å². The number of fused-ring (bicyclic) bond motifs is 3. The molecule has 3 N–H and O–H groups in total. The summed E-state index contributed by atoms with van der Waals surface area (Å²) in [6.07, 6.45) is -12.1. The number of unbranched alkanes of at least 4 members (excludes halogenated alkanes) is 1. The Morgan fingerprint density at radius 2 is 1.25 bits per heavy atom. The lowest BCUT2D eigenvalue weighted by Crippen LogP contribution is -2.68. The van der Waals surface area contributed by atoms with Crippen molar-refractivity contribution in [2.45, 2.75) is 280 Å². The number of ether oxygens (including phenoxy) is 1. The molecule has 1 spiro atoms. The van der Waals surface area contributed by atoms with Crippen molar-refractivity contribution in [1.82, 2.24) is 60.0 Å². The number of halogens is 8. The summed E-state index contributed by atoms with van der Waals surface area (Å²) in [6, 6.07) is -11.3. The Kier molecular flexibility index (Phi) is 32.3. The molecule has 25 nitrogen and oxygen atoms in total. The molecule has 6 fully saturated rings. The highest BCUT2D eigenvalue weighted by Gasteiger charge is 2.56. The van der Waals surface area contributed by atoms with Gasteiger partial charge in [-0.2, -0.15) is 26.3 Å². The van der Waals surface area contributed by atoms with Crippen LogP contribution in [-0.2, 0) is 62.3 Å². The lowest BCUT2D eigenvalue weighted by molar-refractivity contribution is -0.219. The number of hydrogen-bond donors (Lipinski definition) is 3. The smallest absolute Gasteiger partial charge is 0.377 e. The van der Waals surface area contributed by atoms with E-state index in [2.05, 4.69) is 16.0 Å². The Morgan fingerprint density at radius 3 is 1.82 bits per heavy atom. The van der Waals surface area contributed by atoms with Gasteiger partial charge in [-0.15, -0.1) is 0 Å². The van der Waals surface area contributed by atoms with Crippen molar-refractivity contribution >= 4 is 70.9 Å². The van der Waals surface area contributed by atoms with E-state index in [9.17, 15) is 50.3 Å². The van der Waals surface area contributed by atoms with Crippen LogP contribution >= 0.6 is 0 Å². The summed E-state index contributed by atoms with van der Waals surface area (Å²) < 4.78 is 121. The highest BCUT2D eigenvalue weighted by atomic mass is 19.4. The summed E-state index contributed by atoms with van der Waals surface area (Å²) >= 11 is 0. The van der Waals surface area contributed by atoms with Crippen LogP contribution < -0.4 is 16.0 Å². The Balaban J connectivity index is 1.33. The number of nitrogens with one attached hydrogen (secondary N) is 3. The molecule has 12 amide bonds. The van der Waals surface area contributed by atoms with E-state index in [-0.39, 0.29) is 110 Å². The third-order valence-electron chi connectivity index (χ3n) is 24.7. The first-order valence-corrected chi connectivity index (χ1v) is 39.8. The minimum Gasteiger partial charge on any atom is -0.377 e. The zero-order chi connectivity index (χ0) is 81.6. The highest BCUT2D eigenvalue weighted by Crippen LogP contribution is 2.46. The third-order valence-corrected chi connectivity index (χ3v) is 24.7. The first-order valence-electron chi connectivity index (χ1n) is 39.8. The molecule has 2 saturated heterocycles. The summed E-state index contributed by atoms with van der Waals surface area (Å²) in [4.78, 5) is 193. The van der Waals surface area contributed by atoms with Crippen LogP contribution in [0.1, 0.15) is 196 Å². The van der Waals surface area contributed by atoms with Crippen molar-refractivity contribution in [2.24, 2.45) is 35.5 Å². The van der Waals surface area contributed by atoms with E-state index in [0.29, 0.717) is 51.4 Å². The molecule has 110 heavy (non-hydrogen) atoms. The quantitative estimate of drug-likeness (QED) is 0.101. The maximum atomic E-state index is 15.7. The minimum absolute atomic E-state index is 0.00391. The Morgan fingerprint density at radius 1 is 0.627 bits per heavy atom. The van der Waals surface area contributed by atoms with Crippen LogP contribution in [0, 0.1) is 35.5 Å². The van der Waals surface area contributed by atoms with Gasteiger partial charge in [0.2, 0.25) is 70.9 Å². The lowest BCUT2D eigenvalue weighted by Gasteiger charge is -2.47. The van der Waals surface area contributed by atoms with Crippen LogP contribution in [0.25, 0.3) is 0 Å². The molecule has 0 aromatic heterocycles. The summed E-state index contributed by atoms with van der Waals surface area (Å²) in [5, 5.41) is 8.45. The van der Waals surface area contributed by atoms with Crippen molar-refractivity contribution in [2.75, 3.05) is 88.2 Å². The van der Waals surface area contributed by atoms with E-state index < -0.39 is 230 Å². The van der Waals surface area contributed by atoms with Gasteiger partial charge in [-0.05, 0) is 154 Å². The van der Waals surface area contributed by atoms with Gasteiger partial charge in [0.05, 0.1) is 31.5 Å². The number of rotatable bonds is 16. The average Bonchev–Trinajstić information content (AvgIpc) is 1.22. The summed E-state index contributed by atoms with van der Waals surface area (Å²) in [6.45, 7) is 8.95. The van der Waals surface area contributed by atoms with Crippen LogP contribution in [0.5, 0.6) is 0 Å². The number of hydrogen-bond acceptors (Lipinski definition) is 13. The average molecular weight is 1570 g/mol. The SMILES string of the molecule is CCCC[C@H]1C(=O)N[C@@H]([C@@H](C)CC)C(=O)N(C)CC(=O)N(C)[C@H]2C/C=C\CCN(C2=O)[C@@H](CC2CCC(C(F)(F)F)CC2)C(=O)N(C)CC(=O)N[C@@H](CCC2CC(F)C(C(F)(F)F)C(F)C2)C(=O)N2C[C@H](OCC)C[C@H]2C(=O)NC2(CCC2)C(=O)N(C)[C@@H](C2CCCC2)C(=O)N(C)[C@H](C(=O)N(CC)CC)CC(=O)N1C. The number of alkyl halides is 8. The lowest BCUT2D eigenvalue weighted by atomic mass is 9.74. The van der Waals surface area contributed by atoms with Crippen molar-refractivity contribution < 1.29 is 97.4 Å². The zero-order valence-corrected chi connectivity index (χ0v) is 66.2. The molecule has 622 valence electrons. The van der Waals surface area contributed by atoms with Gasteiger partial charge in [-0.1, -0.05) is 65.0 Å². The van der Waals surface area contributed by atoms with Gasteiger partial charge in [0.15, 0.2) is 0 Å². The molecule has 3 heterocycles. The molecule has 7 aliphatic rings. The predicted molar refractivity (Wildman–Crippen MR) is 390 cm³/mol. The number of nitrogens with zero attached hydrogens (tertiary/aromatic N) is 9. The molecule has 12 atom stereocenters. The van der Waals surface area contributed by atoms with Crippen molar-refractivity contribution in [3.05, 3.63) is 12.2 Å². The maximum absolute atomic E-state index is 15.7. The maximum Gasteiger partial charge on any atom is 0.397 e. The fraction of sp³-hybridized carbons (Fsp3) is 0.818. The first kappa shape index (κ1) is 90.0. The van der Waals surface area contributed by atoms with E-state index in [1.807, 2.05) is 6.92 Å². The summed E-state index contributed by atoms with van der Waals surface area (Å²) in [5.41, 5.74) is -1.69. The number of carbonyl (C=O) groups is 12. The van der Waals surface area contributed by atoms with Gasteiger partial charge in [0.25, 0.3) is 0 Å². The van der Waals surface area contributed by atoms with Gasteiger partial charge in [0, 0.05) is 81.5 Å². The zero-order valence-electron chi connectivity index (χ0n) is 66.2. The molecule has 0 aromatic carbocycles. The largest absolute Gasteiger partial charge is 0.397 e. The number of likely N-dealkylation sites (N-methyl/N-ethyl adjacent to an activating group) is 7. The van der Waals surface area contributed by atoms with Gasteiger partial charge in [-0.3, -0.25) is 57.5 Å². The molecule has 2 bridgehead atoms. The molecule has 0 aromatic rings. The molecule has 4 saturated carbocycles. The molecule has 3 aliphatic heterocycles. The van der Waals surface area contributed by atoms with E-state index in [4.69, 9.17) is 4.74 Å². The normalized spacial score (nSPS) is 31.6. The second-order valence-corrected chi connectivity index (χ2v) is 31.9. The van der Waals surface area contributed by atoms with Crippen molar-refractivity contribution in [1.29, 1.82) is 0 Å². The van der Waals surface area contributed by atoms with Crippen molar-refractivity contribution in [3.63, 3.8) is 0 Å². The number of carbonyl (C=O) groups excluding carboxylic acids is 12. The molecular formula is C77H120F8N12O13. The molecule has 4 aliphatic carbocycles. The Labute approximate surface area is 642 Å². The van der Waals surface area contributed by atoms with Gasteiger partial charge >= 0.3 is 12.4 Å². The molecular weight excluding hydrogens is 1450 g/mol. The molecule has 33 heteroatoms. The number of amides is 12. The van der Waals surface area contributed by atoms with Gasteiger partial charge < -0.3 is 64.8 Å². The fourth-order valence-electron chi connectivity index (χ4n) is 17.5.